The number of carbonyl (C=O) groups excluding carboxylic acids is 2. The van der Waals surface area contributed by atoms with E-state index in [2.05, 4.69) is 16.5 Å². The van der Waals surface area contributed by atoms with Crippen molar-refractivity contribution in [3.63, 3.8) is 0 Å². The number of esters is 1. The molecule has 94 valence electrons. The number of hydrogen-bond donors (Lipinski definition) is 1. The molecule has 0 bridgehead atoms. The van der Waals surface area contributed by atoms with Gasteiger partial charge >= 0.3 is 12.1 Å². The van der Waals surface area contributed by atoms with Crippen molar-refractivity contribution < 1.29 is 24.5 Å². The lowest BCUT2D eigenvalue weighted by Crippen LogP contribution is -2.11. The first kappa shape index (κ1) is 14.9. The molecule has 0 aromatic rings. The topological polar surface area (TPSA) is 72.8 Å². The van der Waals surface area contributed by atoms with E-state index in [4.69, 9.17) is 5.26 Å². The third-order valence-corrected chi connectivity index (χ3v) is 2.26. The molecule has 0 aliphatic heterocycles. The quantitative estimate of drug-likeness (QED) is 0.228. The molecule has 0 rings (SSSR count). The van der Waals surface area contributed by atoms with Crippen LogP contribution in [0, 0.1) is 0 Å². The fourth-order valence-electron chi connectivity index (χ4n) is 1.39. The number of hydrogen-bond acceptors (Lipinski definition) is 5. The largest absolute Gasteiger partial charge is 0.548 e. The van der Waals surface area contributed by atoms with Crippen molar-refractivity contribution in [3.05, 3.63) is 0 Å². The summed E-state index contributed by atoms with van der Waals surface area (Å²) in [7, 11) is 0. The van der Waals surface area contributed by atoms with E-state index in [1.54, 1.807) is 0 Å². The summed E-state index contributed by atoms with van der Waals surface area (Å²) in [6, 6.07) is 0. The Morgan fingerprint density at radius 2 is 1.56 bits per heavy atom. The molecule has 5 nitrogen and oxygen atoms in total. The molecule has 0 amide bonds. The minimum absolute atomic E-state index is 0.183. The number of rotatable bonds is 8. The maximum Gasteiger partial charge on any atom is 0.548 e. The first-order valence-electron chi connectivity index (χ1n) is 5.76. The van der Waals surface area contributed by atoms with Crippen molar-refractivity contribution in [3.8, 4) is 0 Å². The summed E-state index contributed by atoms with van der Waals surface area (Å²) in [4.78, 5) is 24.4. The smallest absolute Gasteiger partial charge is 0.359 e. The zero-order chi connectivity index (χ0) is 12.2. The van der Waals surface area contributed by atoms with Crippen LogP contribution in [0.15, 0.2) is 0 Å². The molecule has 1 N–H and O–H groups in total. The SMILES string of the molecule is CCCCCCCCCC(=O)OC(=O)OO. The van der Waals surface area contributed by atoms with Crippen LogP contribution >= 0.6 is 0 Å². The van der Waals surface area contributed by atoms with Gasteiger partial charge in [-0.2, -0.15) is 5.26 Å². The van der Waals surface area contributed by atoms with Gasteiger partial charge in [-0.3, -0.25) is 9.68 Å². The van der Waals surface area contributed by atoms with Gasteiger partial charge in [0, 0.05) is 6.42 Å². The van der Waals surface area contributed by atoms with Crippen LogP contribution in [0.4, 0.5) is 4.79 Å². The Kier molecular flexibility index (Phi) is 9.70. The molecule has 0 spiro atoms. The van der Waals surface area contributed by atoms with Crippen molar-refractivity contribution in [2.75, 3.05) is 0 Å². The lowest BCUT2D eigenvalue weighted by Gasteiger charge is -2.01. The highest BCUT2D eigenvalue weighted by Gasteiger charge is 2.10. The predicted molar refractivity (Wildman–Crippen MR) is 57.8 cm³/mol. The summed E-state index contributed by atoms with van der Waals surface area (Å²) in [6.07, 6.45) is 6.45. The van der Waals surface area contributed by atoms with Crippen molar-refractivity contribution in [1.82, 2.24) is 0 Å². The van der Waals surface area contributed by atoms with Crippen LogP contribution in [0.5, 0.6) is 0 Å². The molecule has 0 radical (unpaired) electrons. The molecule has 0 heterocycles. The molecular weight excluding hydrogens is 212 g/mol. The lowest BCUT2D eigenvalue weighted by molar-refractivity contribution is -0.202. The molecule has 0 saturated heterocycles. The van der Waals surface area contributed by atoms with Crippen LogP contribution < -0.4 is 0 Å². The molecule has 5 heteroatoms. The standard InChI is InChI=1S/C11H20O5/c1-2-3-4-5-6-7-8-9-10(12)15-11(13)16-14/h14H,2-9H2,1H3. The average molecular weight is 232 g/mol. The normalized spacial score (nSPS) is 9.88. The second-order valence-corrected chi connectivity index (χ2v) is 3.69. The van der Waals surface area contributed by atoms with Crippen molar-refractivity contribution in [2.24, 2.45) is 0 Å². The summed E-state index contributed by atoms with van der Waals surface area (Å²) >= 11 is 0. The highest BCUT2D eigenvalue weighted by atomic mass is 17.1. The third-order valence-electron chi connectivity index (χ3n) is 2.26. The Balaban J connectivity index is 3.24. The van der Waals surface area contributed by atoms with Gasteiger partial charge in [0.2, 0.25) is 0 Å². The van der Waals surface area contributed by atoms with Crippen molar-refractivity contribution >= 4 is 12.1 Å². The summed E-state index contributed by atoms with van der Waals surface area (Å²) in [5, 5.41) is 7.85. The van der Waals surface area contributed by atoms with Crippen LogP contribution in [0.1, 0.15) is 58.3 Å². The Hall–Kier alpha value is -1.10. The first-order chi connectivity index (χ1) is 7.70. The third kappa shape index (κ3) is 9.45. The minimum atomic E-state index is -1.37. The summed E-state index contributed by atoms with van der Waals surface area (Å²) < 4.78 is 4.09. The monoisotopic (exact) mass is 232 g/mol. The molecule has 16 heavy (non-hydrogen) atoms. The zero-order valence-electron chi connectivity index (χ0n) is 9.74. The first-order valence-corrected chi connectivity index (χ1v) is 5.76. The van der Waals surface area contributed by atoms with Gasteiger partial charge in [0.1, 0.15) is 0 Å². The van der Waals surface area contributed by atoms with Crippen LogP contribution in [-0.2, 0) is 14.4 Å². The molecular formula is C11H20O5. The molecule has 0 saturated carbocycles. The summed E-state index contributed by atoms with van der Waals surface area (Å²) in [5.41, 5.74) is 0. The number of carbonyl (C=O) groups is 2. The van der Waals surface area contributed by atoms with E-state index < -0.39 is 12.1 Å². The van der Waals surface area contributed by atoms with Crippen LogP contribution in [-0.4, -0.2) is 17.4 Å². The van der Waals surface area contributed by atoms with Gasteiger partial charge < -0.3 is 4.74 Å². The molecule has 0 atom stereocenters. The van der Waals surface area contributed by atoms with Gasteiger partial charge in [0.05, 0.1) is 0 Å². The highest BCUT2D eigenvalue weighted by Crippen LogP contribution is 2.08. The fourth-order valence-corrected chi connectivity index (χ4v) is 1.39. The summed E-state index contributed by atoms with van der Waals surface area (Å²) in [5.74, 6) is -0.660. The molecule has 0 aliphatic carbocycles. The fraction of sp³-hybridized carbons (Fsp3) is 0.818. The Bertz CT molecular complexity index is 203. The highest BCUT2D eigenvalue weighted by molar-refractivity contribution is 5.81. The van der Waals surface area contributed by atoms with Crippen molar-refractivity contribution in [1.29, 1.82) is 0 Å². The average Bonchev–Trinajstić information content (AvgIpc) is 2.27. The van der Waals surface area contributed by atoms with E-state index in [-0.39, 0.29) is 6.42 Å². The zero-order valence-corrected chi connectivity index (χ0v) is 9.74. The second kappa shape index (κ2) is 10.4. The van der Waals surface area contributed by atoms with Crippen LogP contribution in [0.3, 0.4) is 0 Å². The van der Waals surface area contributed by atoms with Gasteiger partial charge in [-0.25, -0.2) is 4.79 Å². The van der Waals surface area contributed by atoms with E-state index in [9.17, 15) is 9.59 Å². The Morgan fingerprint density at radius 1 is 1.00 bits per heavy atom. The van der Waals surface area contributed by atoms with Gasteiger partial charge in [0.15, 0.2) is 0 Å². The van der Waals surface area contributed by atoms with Crippen LogP contribution in [0.25, 0.3) is 0 Å². The van der Waals surface area contributed by atoms with Gasteiger partial charge in [-0.05, 0) is 6.42 Å². The molecule has 0 unspecified atom stereocenters. The number of ether oxygens (including phenoxy) is 1. The number of unbranched alkanes of at least 4 members (excludes halogenated alkanes) is 6. The van der Waals surface area contributed by atoms with E-state index in [1.165, 1.54) is 25.7 Å². The van der Waals surface area contributed by atoms with Gasteiger partial charge in [-0.1, -0.05) is 45.4 Å². The second-order valence-electron chi connectivity index (χ2n) is 3.69. The Labute approximate surface area is 95.7 Å². The minimum Gasteiger partial charge on any atom is -0.359 e. The maximum atomic E-state index is 10.9. The van der Waals surface area contributed by atoms with Gasteiger partial charge in [-0.15, -0.1) is 0 Å². The molecule has 0 fully saturated rings. The van der Waals surface area contributed by atoms with E-state index in [0.29, 0.717) is 6.42 Å². The van der Waals surface area contributed by atoms with Crippen LogP contribution in [0.2, 0.25) is 0 Å². The van der Waals surface area contributed by atoms with Crippen molar-refractivity contribution in [2.45, 2.75) is 58.3 Å². The van der Waals surface area contributed by atoms with E-state index >= 15 is 0 Å². The van der Waals surface area contributed by atoms with E-state index in [1.807, 2.05) is 0 Å². The van der Waals surface area contributed by atoms with Gasteiger partial charge in [0.25, 0.3) is 0 Å². The Morgan fingerprint density at radius 3 is 2.12 bits per heavy atom. The maximum absolute atomic E-state index is 10.9. The molecule has 0 aliphatic rings. The molecule has 0 aromatic heterocycles. The summed E-state index contributed by atoms with van der Waals surface area (Å²) in [6.45, 7) is 2.16. The lowest BCUT2D eigenvalue weighted by atomic mass is 10.1. The predicted octanol–water partition coefficient (Wildman–Crippen LogP) is 3.28. The van der Waals surface area contributed by atoms with E-state index in [0.717, 1.165) is 12.8 Å². The molecule has 0 aromatic carbocycles.